The number of aromatic amines is 1. The van der Waals surface area contributed by atoms with Crippen molar-refractivity contribution in [1.29, 1.82) is 0 Å². The monoisotopic (exact) mass is 321 g/mol. The van der Waals surface area contributed by atoms with Crippen molar-refractivity contribution in [2.75, 3.05) is 5.32 Å². The van der Waals surface area contributed by atoms with Crippen molar-refractivity contribution in [3.8, 4) is 11.1 Å². The van der Waals surface area contributed by atoms with Crippen molar-refractivity contribution < 1.29 is 13.6 Å². The number of H-pyrrole nitrogens is 1. The maximum atomic E-state index is 13.2. The van der Waals surface area contributed by atoms with Gasteiger partial charge in [0, 0.05) is 10.9 Å². The maximum absolute atomic E-state index is 13.2. The van der Waals surface area contributed by atoms with Crippen molar-refractivity contribution in [3.05, 3.63) is 72.4 Å². The van der Waals surface area contributed by atoms with Crippen LogP contribution in [0.4, 0.5) is 10.2 Å². The summed E-state index contributed by atoms with van der Waals surface area (Å²) in [5, 5.41) is 10.0. The first-order valence-electron chi connectivity index (χ1n) is 7.30. The van der Waals surface area contributed by atoms with Crippen LogP contribution in [-0.2, 0) is 0 Å². The molecule has 0 aliphatic carbocycles. The molecular formula is C18H12FN3O2. The second-order valence-corrected chi connectivity index (χ2v) is 5.25. The number of nitrogens with zero attached hydrogens (tertiary/aromatic N) is 1. The first-order valence-corrected chi connectivity index (χ1v) is 7.30. The van der Waals surface area contributed by atoms with Crippen LogP contribution in [0.2, 0.25) is 0 Å². The van der Waals surface area contributed by atoms with Crippen molar-refractivity contribution in [3.63, 3.8) is 0 Å². The van der Waals surface area contributed by atoms with E-state index >= 15 is 0 Å². The maximum Gasteiger partial charge on any atom is 0.293 e. The van der Waals surface area contributed by atoms with Crippen LogP contribution < -0.4 is 5.32 Å². The fourth-order valence-electron chi connectivity index (χ4n) is 2.58. The Morgan fingerprint density at radius 2 is 1.96 bits per heavy atom. The van der Waals surface area contributed by atoms with E-state index in [9.17, 15) is 9.18 Å². The van der Waals surface area contributed by atoms with Gasteiger partial charge in [-0.2, -0.15) is 5.10 Å². The van der Waals surface area contributed by atoms with Gasteiger partial charge in [0.2, 0.25) is 0 Å². The Morgan fingerprint density at radius 1 is 1.12 bits per heavy atom. The minimum absolute atomic E-state index is 0.194. The minimum atomic E-state index is -0.420. The van der Waals surface area contributed by atoms with Crippen LogP contribution in [0.25, 0.3) is 22.0 Å². The Hall–Kier alpha value is -3.41. The molecule has 5 nitrogen and oxygen atoms in total. The Bertz CT molecular complexity index is 1020. The molecule has 118 valence electrons. The molecule has 2 heterocycles. The molecule has 1 amide bonds. The number of amides is 1. The molecule has 0 saturated heterocycles. The van der Waals surface area contributed by atoms with Crippen LogP contribution in [-0.4, -0.2) is 16.1 Å². The van der Waals surface area contributed by atoms with E-state index in [4.69, 9.17) is 4.42 Å². The Morgan fingerprint density at radius 3 is 2.79 bits per heavy atom. The minimum Gasteiger partial charge on any atom is -0.459 e. The molecular weight excluding hydrogens is 309 g/mol. The fraction of sp³-hybridized carbons (Fsp3) is 0. The van der Waals surface area contributed by atoms with Gasteiger partial charge in [0.25, 0.3) is 5.91 Å². The molecule has 0 fully saturated rings. The number of nitrogens with one attached hydrogen (secondary N) is 2. The third-order valence-corrected chi connectivity index (χ3v) is 3.71. The SMILES string of the molecule is O=C(Nc1n[nH]c2cc(F)ccc12)c1occc1-c1ccccc1. The molecule has 4 rings (SSSR count). The number of hydrogen-bond donors (Lipinski definition) is 2. The molecule has 0 bridgehead atoms. The summed E-state index contributed by atoms with van der Waals surface area (Å²) in [5.41, 5.74) is 2.08. The Balaban J connectivity index is 1.67. The van der Waals surface area contributed by atoms with Gasteiger partial charge in [-0.05, 0) is 29.8 Å². The summed E-state index contributed by atoms with van der Waals surface area (Å²) in [6.45, 7) is 0. The van der Waals surface area contributed by atoms with Crippen molar-refractivity contribution >= 4 is 22.6 Å². The van der Waals surface area contributed by atoms with Crippen LogP contribution in [0.3, 0.4) is 0 Å². The number of fused-ring (bicyclic) bond motifs is 1. The molecule has 6 heteroatoms. The molecule has 0 aliphatic rings. The van der Waals surface area contributed by atoms with Gasteiger partial charge in [-0.1, -0.05) is 30.3 Å². The van der Waals surface area contributed by atoms with Gasteiger partial charge in [-0.3, -0.25) is 9.89 Å². The summed E-state index contributed by atoms with van der Waals surface area (Å²) in [4.78, 5) is 12.5. The molecule has 2 aromatic carbocycles. The van der Waals surface area contributed by atoms with E-state index in [1.807, 2.05) is 30.3 Å². The molecule has 0 saturated carbocycles. The molecule has 2 aromatic heterocycles. The smallest absolute Gasteiger partial charge is 0.293 e. The lowest BCUT2D eigenvalue weighted by Crippen LogP contribution is -2.12. The molecule has 0 radical (unpaired) electrons. The Kier molecular flexibility index (Phi) is 3.35. The predicted octanol–water partition coefficient (Wildman–Crippen LogP) is 4.21. The van der Waals surface area contributed by atoms with E-state index in [1.54, 1.807) is 12.1 Å². The lowest BCUT2D eigenvalue weighted by Gasteiger charge is -2.03. The Labute approximate surface area is 136 Å². The molecule has 0 spiro atoms. The van der Waals surface area contributed by atoms with Crippen molar-refractivity contribution in [2.45, 2.75) is 0 Å². The fourth-order valence-corrected chi connectivity index (χ4v) is 2.58. The quantitative estimate of drug-likeness (QED) is 0.593. The number of hydrogen-bond acceptors (Lipinski definition) is 3. The third-order valence-electron chi connectivity index (χ3n) is 3.71. The lowest BCUT2D eigenvalue weighted by molar-refractivity contribution is 0.0997. The normalized spacial score (nSPS) is 10.9. The molecule has 0 atom stereocenters. The van der Waals surface area contributed by atoms with Crippen LogP contribution in [0.1, 0.15) is 10.6 Å². The summed E-state index contributed by atoms with van der Waals surface area (Å²) in [5.74, 6) is -0.275. The van der Waals surface area contributed by atoms with Gasteiger partial charge in [0.15, 0.2) is 11.6 Å². The van der Waals surface area contributed by atoms with Crippen LogP contribution >= 0.6 is 0 Å². The highest BCUT2D eigenvalue weighted by molar-refractivity contribution is 6.09. The third kappa shape index (κ3) is 2.44. The molecule has 24 heavy (non-hydrogen) atoms. The number of aromatic nitrogens is 2. The largest absolute Gasteiger partial charge is 0.459 e. The number of furan rings is 1. The van der Waals surface area contributed by atoms with Crippen molar-refractivity contribution in [1.82, 2.24) is 10.2 Å². The van der Waals surface area contributed by atoms with E-state index in [1.165, 1.54) is 18.4 Å². The van der Waals surface area contributed by atoms with Gasteiger partial charge in [-0.25, -0.2) is 4.39 Å². The highest BCUT2D eigenvalue weighted by Crippen LogP contribution is 2.27. The van der Waals surface area contributed by atoms with Gasteiger partial charge >= 0.3 is 0 Å². The van der Waals surface area contributed by atoms with E-state index < -0.39 is 5.91 Å². The van der Waals surface area contributed by atoms with Crippen LogP contribution in [0.15, 0.2) is 65.3 Å². The van der Waals surface area contributed by atoms with Gasteiger partial charge < -0.3 is 9.73 Å². The summed E-state index contributed by atoms with van der Waals surface area (Å²) in [6, 6.07) is 15.4. The van der Waals surface area contributed by atoms with E-state index in [-0.39, 0.29) is 11.6 Å². The van der Waals surface area contributed by atoms with E-state index in [0.29, 0.717) is 22.3 Å². The number of anilines is 1. The summed E-state index contributed by atoms with van der Waals surface area (Å²) < 4.78 is 18.6. The molecule has 0 unspecified atom stereocenters. The number of benzene rings is 2. The van der Waals surface area contributed by atoms with E-state index in [0.717, 1.165) is 5.56 Å². The average molecular weight is 321 g/mol. The topological polar surface area (TPSA) is 70.9 Å². The van der Waals surface area contributed by atoms with Crippen LogP contribution in [0, 0.1) is 5.82 Å². The van der Waals surface area contributed by atoms with E-state index in [2.05, 4.69) is 15.5 Å². The molecule has 4 aromatic rings. The summed E-state index contributed by atoms with van der Waals surface area (Å²) in [7, 11) is 0. The van der Waals surface area contributed by atoms with Gasteiger partial charge in [0.05, 0.1) is 11.8 Å². The molecule has 0 aliphatic heterocycles. The zero-order valence-corrected chi connectivity index (χ0v) is 12.4. The molecule has 2 N–H and O–H groups in total. The summed E-state index contributed by atoms with van der Waals surface area (Å²) >= 11 is 0. The second kappa shape index (κ2) is 5.66. The predicted molar refractivity (Wildman–Crippen MR) is 88.1 cm³/mol. The first kappa shape index (κ1) is 14.2. The van der Waals surface area contributed by atoms with Gasteiger partial charge in [-0.15, -0.1) is 0 Å². The van der Waals surface area contributed by atoms with Crippen molar-refractivity contribution in [2.24, 2.45) is 0 Å². The highest BCUT2D eigenvalue weighted by atomic mass is 19.1. The zero-order chi connectivity index (χ0) is 16.5. The lowest BCUT2D eigenvalue weighted by atomic mass is 10.1. The highest BCUT2D eigenvalue weighted by Gasteiger charge is 2.19. The second-order valence-electron chi connectivity index (χ2n) is 5.25. The summed E-state index contributed by atoms with van der Waals surface area (Å²) in [6.07, 6.45) is 1.47. The zero-order valence-electron chi connectivity index (χ0n) is 12.4. The number of halogens is 1. The standard InChI is InChI=1S/C18H12FN3O2/c19-12-6-7-14-15(10-12)21-22-17(14)20-18(23)16-13(8-9-24-16)11-4-2-1-3-5-11/h1-10H,(H2,20,21,22,23). The average Bonchev–Trinajstić information content (AvgIpc) is 3.23. The van der Waals surface area contributed by atoms with Crippen LogP contribution in [0.5, 0.6) is 0 Å². The van der Waals surface area contributed by atoms with Gasteiger partial charge in [0.1, 0.15) is 5.82 Å². The number of carbonyl (C=O) groups is 1. The number of rotatable bonds is 3. The first-order chi connectivity index (χ1) is 11.7. The number of carbonyl (C=O) groups excluding carboxylic acids is 1.